The third kappa shape index (κ3) is 5.87. The molecule has 1 aromatic rings. The Bertz CT molecular complexity index is 520. The molecule has 0 heterocycles. The molecule has 0 aromatic heterocycles. The van der Waals surface area contributed by atoms with Crippen molar-refractivity contribution in [1.29, 1.82) is 0 Å². The van der Waals surface area contributed by atoms with Crippen molar-refractivity contribution in [2.24, 2.45) is 0 Å². The molecule has 0 saturated heterocycles. The minimum absolute atomic E-state index is 0.0693. The Morgan fingerprint density at radius 1 is 1.16 bits per heavy atom. The average molecular weight is 284 g/mol. The first kappa shape index (κ1) is 15.7. The van der Waals surface area contributed by atoms with Crippen LogP contribution in [0, 0.1) is 0 Å². The fraction of sp³-hybridized carbons (Fsp3) is 0.500. The van der Waals surface area contributed by atoms with E-state index in [0.29, 0.717) is 17.5 Å². The summed E-state index contributed by atoms with van der Waals surface area (Å²) in [5.41, 5.74) is 1.18. The van der Waals surface area contributed by atoms with Crippen LogP contribution < -0.4 is 0 Å². The summed E-state index contributed by atoms with van der Waals surface area (Å²) >= 11 is 0. The number of aliphatic carboxylic acids is 1. The number of carboxylic acids is 1. The van der Waals surface area contributed by atoms with Gasteiger partial charge in [-0.05, 0) is 17.5 Å². The molecule has 0 saturated carbocycles. The summed E-state index contributed by atoms with van der Waals surface area (Å²) in [5.74, 6) is -0.849. The third-order valence-corrected chi connectivity index (χ3v) is 4.56. The number of rotatable bonds is 8. The van der Waals surface area contributed by atoms with Crippen LogP contribution in [-0.2, 0) is 26.8 Å². The molecule has 5 heteroatoms. The number of carboxylic acid groups (broad SMARTS) is 1. The van der Waals surface area contributed by atoms with Gasteiger partial charge in [-0.2, -0.15) is 0 Å². The number of unbranched alkanes of at least 4 members (excludes halogenated alkanes) is 2. The standard InChI is InChI=1S/C14H20O4S/c1-2-3-6-9-19(17,18)11-13-8-5-4-7-12(13)10-14(15)16/h4-5,7-8H,2-3,6,9-11H2,1H3,(H,15,16). The van der Waals surface area contributed by atoms with Crippen LogP contribution in [-0.4, -0.2) is 25.2 Å². The Labute approximate surface area is 114 Å². The monoisotopic (exact) mass is 284 g/mol. The molecule has 1 N–H and O–H groups in total. The highest BCUT2D eigenvalue weighted by atomic mass is 32.2. The summed E-state index contributed by atoms with van der Waals surface area (Å²) in [6, 6.07) is 6.83. The molecule has 0 radical (unpaired) electrons. The van der Waals surface area contributed by atoms with E-state index in [4.69, 9.17) is 5.11 Å². The Balaban J connectivity index is 2.78. The molecule has 0 aliphatic rings. The van der Waals surface area contributed by atoms with E-state index in [0.717, 1.165) is 12.8 Å². The highest BCUT2D eigenvalue weighted by molar-refractivity contribution is 7.90. The summed E-state index contributed by atoms with van der Waals surface area (Å²) in [7, 11) is -3.16. The van der Waals surface area contributed by atoms with Crippen molar-refractivity contribution >= 4 is 15.8 Å². The van der Waals surface area contributed by atoms with Crippen molar-refractivity contribution in [2.45, 2.75) is 38.4 Å². The Hall–Kier alpha value is -1.36. The summed E-state index contributed by atoms with van der Waals surface area (Å²) in [6.45, 7) is 2.02. The largest absolute Gasteiger partial charge is 0.481 e. The summed E-state index contributed by atoms with van der Waals surface area (Å²) in [4.78, 5) is 10.7. The number of sulfone groups is 1. The molecular weight excluding hydrogens is 264 g/mol. The first-order chi connectivity index (χ1) is 8.94. The first-order valence-electron chi connectivity index (χ1n) is 6.43. The first-order valence-corrected chi connectivity index (χ1v) is 8.25. The zero-order chi connectivity index (χ0) is 14.3. The molecule has 19 heavy (non-hydrogen) atoms. The van der Waals surface area contributed by atoms with Gasteiger partial charge in [0, 0.05) is 0 Å². The molecule has 1 rings (SSSR count). The van der Waals surface area contributed by atoms with Gasteiger partial charge in [0.05, 0.1) is 17.9 Å². The lowest BCUT2D eigenvalue weighted by atomic mass is 10.1. The Kier molecular flexibility index (Phi) is 6.02. The van der Waals surface area contributed by atoms with Crippen LogP contribution in [0.15, 0.2) is 24.3 Å². The van der Waals surface area contributed by atoms with Gasteiger partial charge < -0.3 is 5.11 Å². The van der Waals surface area contributed by atoms with Crippen molar-refractivity contribution in [2.75, 3.05) is 5.75 Å². The minimum atomic E-state index is -3.16. The topological polar surface area (TPSA) is 71.4 Å². The molecule has 0 spiro atoms. The number of benzene rings is 1. The fourth-order valence-electron chi connectivity index (χ4n) is 1.91. The number of hydrogen-bond acceptors (Lipinski definition) is 3. The van der Waals surface area contributed by atoms with Crippen molar-refractivity contribution in [3.8, 4) is 0 Å². The molecule has 0 amide bonds. The van der Waals surface area contributed by atoms with Crippen LogP contribution in [0.5, 0.6) is 0 Å². The van der Waals surface area contributed by atoms with Crippen molar-refractivity contribution < 1.29 is 18.3 Å². The SMILES string of the molecule is CCCCCS(=O)(=O)Cc1ccccc1CC(=O)O. The van der Waals surface area contributed by atoms with E-state index in [-0.39, 0.29) is 17.9 Å². The van der Waals surface area contributed by atoms with Crippen molar-refractivity contribution in [3.05, 3.63) is 35.4 Å². The van der Waals surface area contributed by atoms with Crippen LogP contribution in [0.25, 0.3) is 0 Å². The molecule has 1 aromatic carbocycles. The van der Waals surface area contributed by atoms with Crippen molar-refractivity contribution in [3.63, 3.8) is 0 Å². The van der Waals surface area contributed by atoms with Gasteiger partial charge >= 0.3 is 5.97 Å². The van der Waals surface area contributed by atoms with Gasteiger partial charge in [0.15, 0.2) is 9.84 Å². The molecule has 0 atom stereocenters. The maximum Gasteiger partial charge on any atom is 0.307 e. The second-order valence-electron chi connectivity index (χ2n) is 4.64. The van der Waals surface area contributed by atoms with Gasteiger partial charge in [-0.15, -0.1) is 0 Å². The molecule has 0 aliphatic carbocycles. The van der Waals surface area contributed by atoms with E-state index < -0.39 is 15.8 Å². The van der Waals surface area contributed by atoms with Crippen LogP contribution in [0.4, 0.5) is 0 Å². The highest BCUT2D eigenvalue weighted by Crippen LogP contribution is 2.15. The van der Waals surface area contributed by atoms with E-state index in [9.17, 15) is 13.2 Å². The molecule has 0 unspecified atom stereocenters. The van der Waals surface area contributed by atoms with E-state index >= 15 is 0 Å². The molecule has 4 nitrogen and oxygen atoms in total. The van der Waals surface area contributed by atoms with Gasteiger partial charge in [0.1, 0.15) is 0 Å². The maximum absolute atomic E-state index is 12.0. The fourth-order valence-corrected chi connectivity index (χ4v) is 3.46. The van der Waals surface area contributed by atoms with Gasteiger partial charge in [-0.3, -0.25) is 4.79 Å². The van der Waals surface area contributed by atoms with Gasteiger partial charge in [-0.25, -0.2) is 8.42 Å². The van der Waals surface area contributed by atoms with Crippen LogP contribution in [0.1, 0.15) is 37.3 Å². The second-order valence-corrected chi connectivity index (χ2v) is 6.82. The minimum Gasteiger partial charge on any atom is -0.481 e. The van der Waals surface area contributed by atoms with E-state index in [2.05, 4.69) is 0 Å². The quantitative estimate of drug-likeness (QED) is 0.744. The number of hydrogen-bond donors (Lipinski definition) is 1. The molecule has 106 valence electrons. The second kappa shape index (κ2) is 7.28. The third-order valence-electron chi connectivity index (χ3n) is 2.89. The lowest BCUT2D eigenvalue weighted by molar-refractivity contribution is -0.136. The Morgan fingerprint density at radius 3 is 2.37 bits per heavy atom. The predicted octanol–water partition coefficient (Wildman–Crippen LogP) is 2.42. The van der Waals surface area contributed by atoms with E-state index in [1.807, 2.05) is 6.92 Å². The normalized spacial score (nSPS) is 11.4. The van der Waals surface area contributed by atoms with Crippen LogP contribution in [0.3, 0.4) is 0 Å². The van der Waals surface area contributed by atoms with Gasteiger partial charge in [0.2, 0.25) is 0 Å². The van der Waals surface area contributed by atoms with Gasteiger partial charge in [-0.1, -0.05) is 44.0 Å². The van der Waals surface area contributed by atoms with Gasteiger partial charge in [0.25, 0.3) is 0 Å². The zero-order valence-corrected chi connectivity index (χ0v) is 11.9. The molecular formula is C14H20O4S. The predicted molar refractivity (Wildman–Crippen MR) is 74.8 cm³/mol. The van der Waals surface area contributed by atoms with Crippen LogP contribution in [0.2, 0.25) is 0 Å². The molecule has 0 aliphatic heterocycles. The summed E-state index contributed by atoms with van der Waals surface area (Å²) in [6.07, 6.45) is 2.40. The zero-order valence-electron chi connectivity index (χ0n) is 11.1. The summed E-state index contributed by atoms with van der Waals surface area (Å²) < 4.78 is 23.9. The van der Waals surface area contributed by atoms with Crippen LogP contribution >= 0.6 is 0 Å². The van der Waals surface area contributed by atoms with E-state index in [1.54, 1.807) is 24.3 Å². The smallest absolute Gasteiger partial charge is 0.307 e. The highest BCUT2D eigenvalue weighted by Gasteiger charge is 2.15. The molecule has 0 fully saturated rings. The molecule has 0 bridgehead atoms. The lowest BCUT2D eigenvalue weighted by Crippen LogP contribution is -2.12. The lowest BCUT2D eigenvalue weighted by Gasteiger charge is -2.08. The maximum atomic E-state index is 12.0. The summed E-state index contributed by atoms with van der Waals surface area (Å²) in [5, 5.41) is 8.81. The van der Waals surface area contributed by atoms with E-state index in [1.165, 1.54) is 0 Å². The number of carbonyl (C=O) groups is 1. The van der Waals surface area contributed by atoms with Crippen molar-refractivity contribution in [1.82, 2.24) is 0 Å². The Morgan fingerprint density at radius 2 is 1.79 bits per heavy atom. The average Bonchev–Trinajstić information content (AvgIpc) is 2.31.